The van der Waals surface area contributed by atoms with Gasteiger partial charge in [-0.15, -0.1) is 0 Å². The topological polar surface area (TPSA) is 26.3 Å². The molecule has 0 aromatic rings. The lowest BCUT2D eigenvalue weighted by atomic mass is 9.89. The summed E-state index contributed by atoms with van der Waals surface area (Å²) in [6, 6.07) is 0. The second-order valence-corrected chi connectivity index (χ2v) is 11.8. The second kappa shape index (κ2) is 6.85. The van der Waals surface area contributed by atoms with Crippen LogP contribution in [0.4, 0.5) is 0 Å². The summed E-state index contributed by atoms with van der Waals surface area (Å²) in [7, 11) is -1.63. The van der Waals surface area contributed by atoms with Crippen LogP contribution >= 0.6 is 0 Å². The number of carbonyl (C=O) groups excluding carboxylic acids is 1. The first-order chi connectivity index (χ1) is 8.03. The summed E-state index contributed by atoms with van der Waals surface area (Å²) in [5.41, 5.74) is 0. The molecule has 0 aromatic heterocycles. The third kappa shape index (κ3) is 5.23. The molecule has 3 heteroatoms. The minimum absolute atomic E-state index is 0.165. The van der Waals surface area contributed by atoms with Gasteiger partial charge >= 0.3 is 0 Å². The fourth-order valence-electron chi connectivity index (χ4n) is 1.61. The van der Waals surface area contributed by atoms with Crippen LogP contribution in [-0.4, -0.2) is 20.7 Å². The van der Waals surface area contributed by atoms with E-state index in [2.05, 4.69) is 40.8 Å². The van der Waals surface area contributed by atoms with Crippen LogP contribution in [-0.2, 0) is 9.22 Å². The Morgan fingerprint density at radius 1 is 1.22 bits per heavy atom. The highest BCUT2D eigenvalue weighted by Crippen LogP contribution is 2.36. The molecule has 0 heterocycles. The molecule has 0 aliphatic rings. The molecule has 18 heavy (non-hydrogen) atoms. The van der Waals surface area contributed by atoms with E-state index in [1.54, 1.807) is 0 Å². The Balaban J connectivity index is 4.17. The molecule has 0 bridgehead atoms. The molecule has 0 aromatic carbocycles. The van der Waals surface area contributed by atoms with Gasteiger partial charge in [-0.05, 0) is 30.5 Å². The fraction of sp³-hybridized carbons (Fsp3) is 0.933. The Kier molecular flexibility index (Phi) is 6.79. The lowest BCUT2D eigenvalue weighted by Crippen LogP contribution is -2.41. The number of Topliss-reactive ketones (excluding diaryl/α,β-unsaturated/α-hetero) is 1. The van der Waals surface area contributed by atoms with Crippen LogP contribution in [0.2, 0.25) is 18.1 Å². The zero-order valence-electron chi connectivity index (χ0n) is 13.6. The number of hydrogen-bond acceptors (Lipinski definition) is 2. The highest BCUT2D eigenvalue weighted by atomic mass is 28.4. The summed E-state index contributed by atoms with van der Waals surface area (Å²) >= 11 is 0. The van der Waals surface area contributed by atoms with Gasteiger partial charge < -0.3 is 4.43 Å². The van der Waals surface area contributed by atoms with E-state index >= 15 is 0 Å². The van der Waals surface area contributed by atoms with E-state index in [9.17, 15) is 4.79 Å². The number of rotatable bonds is 7. The summed E-state index contributed by atoms with van der Waals surface area (Å²) in [5, 5.41) is 0.265. The Morgan fingerprint density at radius 3 is 2.11 bits per heavy atom. The van der Waals surface area contributed by atoms with Gasteiger partial charge in [-0.3, -0.25) is 4.79 Å². The van der Waals surface area contributed by atoms with Crippen molar-refractivity contribution >= 4 is 14.1 Å². The van der Waals surface area contributed by atoms with Crippen molar-refractivity contribution in [1.82, 2.24) is 0 Å². The zero-order valence-corrected chi connectivity index (χ0v) is 14.6. The smallest absolute Gasteiger partial charge is 0.191 e. The molecule has 2 nitrogen and oxygen atoms in total. The molecule has 0 unspecified atom stereocenters. The first kappa shape index (κ1) is 17.8. The fourth-order valence-corrected chi connectivity index (χ4v) is 2.67. The van der Waals surface area contributed by atoms with Crippen molar-refractivity contribution in [2.45, 2.75) is 72.5 Å². The maximum absolute atomic E-state index is 11.6. The van der Waals surface area contributed by atoms with E-state index in [1.165, 1.54) is 0 Å². The van der Waals surface area contributed by atoms with Crippen molar-refractivity contribution in [2.24, 2.45) is 11.8 Å². The molecule has 0 radical (unpaired) electrons. The number of carbonyl (C=O) groups is 1. The maximum Gasteiger partial charge on any atom is 0.191 e. The summed E-state index contributed by atoms with van der Waals surface area (Å²) in [4.78, 5) is 11.6. The zero-order chi connectivity index (χ0) is 14.6. The first-order valence-electron chi connectivity index (χ1n) is 7.19. The average Bonchev–Trinajstić information content (AvgIpc) is 2.24. The van der Waals surface area contributed by atoms with Crippen molar-refractivity contribution in [3.63, 3.8) is 0 Å². The second-order valence-electron chi connectivity index (χ2n) is 6.98. The van der Waals surface area contributed by atoms with E-state index in [0.29, 0.717) is 18.1 Å². The molecule has 0 aliphatic carbocycles. The highest BCUT2D eigenvalue weighted by Gasteiger charge is 2.37. The van der Waals surface area contributed by atoms with E-state index in [0.717, 1.165) is 13.0 Å². The maximum atomic E-state index is 11.6. The van der Waals surface area contributed by atoms with Crippen LogP contribution < -0.4 is 0 Å². The summed E-state index contributed by atoms with van der Waals surface area (Å²) in [6.07, 6.45) is 1.63. The molecule has 0 spiro atoms. The minimum Gasteiger partial charge on any atom is -0.417 e. The largest absolute Gasteiger partial charge is 0.417 e. The van der Waals surface area contributed by atoms with Crippen molar-refractivity contribution in [3.05, 3.63) is 0 Å². The Hall–Kier alpha value is -0.153. The third-order valence-electron chi connectivity index (χ3n) is 4.55. The summed E-state index contributed by atoms with van der Waals surface area (Å²) in [5.74, 6) is 0.954. The number of ketones is 1. The lowest BCUT2D eigenvalue weighted by Gasteiger charge is -2.36. The Bertz CT molecular complexity index is 266. The van der Waals surface area contributed by atoms with Crippen molar-refractivity contribution in [1.29, 1.82) is 0 Å². The molecule has 0 saturated carbocycles. The molecule has 0 saturated heterocycles. The van der Waals surface area contributed by atoms with Crippen LogP contribution in [0, 0.1) is 11.8 Å². The third-order valence-corrected chi connectivity index (χ3v) is 9.09. The predicted molar refractivity (Wildman–Crippen MR) is 81.4 cm³/mol. The van der Waals surface area contributed by atoms with Gasteiger partial charge in [-0.2, -0.15) is 0 Å². The highest BCUT2D eigenvalue weighted by molar-refractivity contribution is 6.74. The minimum atomic E-state index is -1.63. The Labute approximate surface area is 115 Å². The van der Waals surface area contributed by atoms with Crippen molar-refractivity contribution in [2.75, 3.05) is 6.61 Å². The van der Waals surface area contributed by atoms with Gasteiger partial charge in [-0.25, -0.2) is 0 Å². The van der Waals surface area contributed by atoms with Gasteiger partial charge in [0.1, 0.15) is 5.78 Å². The molecule has 0 amide bonds. The molecule has 0 rings (SSSR count). The van der Waals surface area contributed by atoms with E-state index in [-0.39, 0.29) is 11.0 Å². The van der Waals surface area contributed by atoms with Gasteiger partial charge in [0.05, 0.1) is 0 Å². The van der Waals surface area contributed by atoms with E-state index in [4.69, 9.17) is 4.43 Å². The van der Waals surface area contributed by atoms with Crippen LogP contribution in [0.1, 0.15) is 54.4 Å². The molecule has 0 fully saturated rings. The summed E-state index contributed by atoms with van der Waals surface area (Å²) < 4.78 is 6.16. The van der Waals surface area contributed by atoms with Gasteiger partial charge in [0, 0.05) is 18.9 Å². The SMILES string of the molecule is CCC(=O)[C@@H](C)[C@@H](C)CCO[Si](C)(C)C(C)(C)C. The molecule has 0 aliphatic heterocycles. The van der Waals surface area contributed by atoms with Gasteiger partial charge in [0.15, 0.2) is 8.32 Å². The summed E-state index contributed by atoms with van der Waals surface area (Å²) in [6.45, 7) is 18.3. The quantitative estimate of drug-likeness (QED) is 0.631. The Morgan fingerprint density at radius 2 is 1.72 bits per heavy atom. The first-order valence-corrected chi connectivity index (χ1v) is 10.1. The van der Waals surface area contributed by atoms with Crippen LogP contribution in [0.3, 0.4) is 0 Å². The number of hydrogen-bond donors (Lipinski definition) is 0. The lowest BCUT2D eigenvalue weighted by molar-refractivity contribution is -0.123. The van der Waals surface area contributed by atoms with Gasteiger partial charge in [0.25, 0.3) is 0 Å². The molecule has 108 valence electrons. The molecule has 2 atom stereocenters. The van der Waals surface area contributed by atoms with E-state index < -0.39 is 8.32 Å². The molecular weight excluding hydrogens is 240 g/mol. The average molecular weight is 273 g/mol. The van der Waals surface area contributed by atoms with Gasteiger partial charge in [0.2, 0.25) is 0 Å². The molecular formula is C15H32O2Si. The standard InChI is InChI=1S/C15H32O2Si/c1-9-14(16)13(3)12(2)10-11-17-18(7,8)15(4,5)6/h12-13H,9-11H2,1-8H3/t12-,13-/m0/s1. The van der Waals surface area contributed by atoms with Crippen molar-refractivity contribution in [3.8, 4) is 0 Å². The van der Waals surface area contributed by atoms with Crippen LogP contribution in [0.15, 0.2) is 0 Å². The van der Waals surface area contributed by atoms with Crippen LogP contribution in [0.25, 0.3) is 0 Å². The molecule has 0 N–H and O–H groups in total. The van der Waals surface area contributed by atoms with Crippen molar-refractivity contribution < 1.29 is 9.22 Å². The normalized spacial score (nSPS) is 16.4. The predicted octanol–water partition coefficient (Wildman–Crippen LogP) is 4.65. The monoisotopic (exact) mass is 272 g/mol. The van der Waals surface area contributed by atoms with Gasteiger partial charge in [-0.1, -0.05) is 41.5 Å². The van der Waals surface area contributed by atoms with Crippen LogP contribution in [0.5, 0.6) is 0 Å². The van der Waals surface area contributed by atoms with E-state index in [1.807, 2.05) is 13.8 Å².